The average molecular weight is 392 g/mol. The largest absolute Gasteiger partial charge is 0.457 e. The molecule has 2 heterocycles. The smallest absolute Gasteiger partial charge is 0.351 e. The van der Waals surface area contributed by atoms with Crippen LogP contribution in [0.3, 0.4) is 0 Å². The number of hydrogen-bond donors (Lipinski definition) is 1. The zero-order valence-corrected chi connectivity index (χ0v) is 15.3. The molecule has 1 saturated heterocycles. The number of hydrogen-bond acceptors (Lipinski definition) is 8. The molecule has 0 spiro atoms. The fourth-order valence-corrected chi connectivity index (χ4v) is 2.94. The van der Waals surface area contributed by atoms with E-state index in [9.17, 15) is 19.2 Å². The summed E-state index contributed by atoms with van der Waals surface area (Å²) in [5, 5.41) is 5.92. The van der Waals surface area contributed by atoms with Gasteiger partial charge in [0.1, 0.15) is 12.1 Å². The molecule has 0 aliphatic carbocycles. The molecule has 1 aliphatic rings. The van der Waals surface area contributed by atoms with Crippen LogP contribution in [0.1, 0.15) is 32.9 Å². The molecule has 28 heavy (non-hydrogen) atoms. The number of azide groups is 1. The van der Waals surface area contributed by atoms with Gasteiger partial charge in [-0.25, -0.2) is 4.79 Å². The fraction of sp³-hybridized carbons (Fsp3) is 0.562. The molecule has 0 radical (unpaired) electrons. The minimum absolute atomic E-state index is 0.0210. The van der Waals surface area contributed by atoms with Crippen LogP contribution >= 0.6 is 0 Å². The molecule has 0 saturated carbocycles. The number of aldehydes is 1. The average Bonchev–Trinajstić information content (AvgIpc) is 2.97. The summed E-state index contributed by atoms with van der Waals surface area (Å²) < 4.78 is 12.2. The lowest BCUT2D eigenvalue weighted by atomic mass is 9.94. The Bertz CT molecular complexity index is 848. The van der Waals surface area contributed by atoms with Crippen molar-refractivity contribution >= 4 is 24.0 Å². The number of anilines is 1. The highest BCUT2D eigenvalue weighted by molar-refractivity contribution is 5.89. The summed E-state index contributed by atoms with van der Waals surface area (Å²) in [6.45, 7) is 2.75. The molecule has 4 atom stereocenters. The molecule has 2 rings (SSSR count). The van der Waals surface area contributed by atoms with E-state index < -0.39 is 36.0 Å². The molecular weight excluding hydrogens is 372 g/mol. The number of ether oxygens (including phenoxy) is 2. The minimum atomic E-state index is -1.07. The van der Waals surface area contributed by atoms with E-state index in [0.29, 0.717) is 6.29 Å². The van der Waals surface area contributed by atoms with Gasteiger partial charge in [0.05, 0.1) is 12.6 Å². The summed E-state index contributed by atoms with van der Waals surface area (Å²) in [6.07, 6.45) is -0.578. The van der Waals surface area contributed by atoms with Gasteiger partial charge in [-0.2, -0.15) is 4.98 Å². The maximum atomic E-state index is 12.4. The van der Waals surface area contributed by atoms with Gasteiger partial charge in [-0.05, 0) is 11.6 Å². The van der Waals surface area contributed by atoms with Crippen molar-refractivity contribution in [2.24, 2.45) is 11.0 Å². The van der Waals surface area contributed by atoms with Crippen LogP contribution in [0.2, 0.25) is 0 Å². The number of carbonyl (C=O) groups is 3. The number of aromatic nitrogens is 2. The van der Waals surface area contributed by atoms with Gasteiger partial charge in [0, 0.05) is 36.8 Å². The zero-order chi connectivity index (χ0) is 20.7. The van der Waals surface area contributed by atoms with Crippen LogP contribution in [-0.2, 0) is 23.9 Å². The first-order valence-corrected chi connectivity index (χ1v) is 8.57. The Labute approximate surface area is 159 Å². The second-order valence-electron chi connectivity index (χ2n) is 6.02. The molecule has 0 unspecified atom stereocenters. The van der Waals surface area contributed by atoms with Crippen LogP contribution in [0.4, 0.5) is 5.82 Å². The highest BCUT2D eigenvalue weighted by Crippen LogP contribution is 2.37. The predicted octanol–water partition coefficient (Wildman–Crippen LogP) is 0.936. The lowest BCUT2D eigenvalue weighted by Crippen LogP contribution is -2.36. The van der Waals surface area contributed by atoms with Gasteiger partial charge >= 0.3 is 11.7 Å². The number of nitrogens with zero attached hydrogens (tertiary/aromatic N) is 5. The van der Waals surface area contributed by atoms with Crippen molar-refractivity contribution in [1.29, 1.82) is 0 Å². The second-order valence-corrected chi connectivity index (χ2v) is 6.02. The number of carbonyl (C=O) groups excluding carboxylic acids is 3. The normalized spacial score (nSPS) is 23.5. The number of nitrogens with one attached hydrogen (secondary N) is 1. The van der Waals surface area contributed by atoms with Crippen molar-refractivity contribution in [3.8, 4) is 0 Å². The molecule has 1 N–H and O–H groups in total. The Morgan fingerprint density at radius 3 is 2.86 bits per heavy atom. The quantitative estimate of drug-likeness (QED) is 0.226. The van der Waals surface area contributed by atoms with Crippen LogP contribution in [0, 0.1) is 5.92 Å². The summed E-state index contributed by atoms with van der Waals surface area (Å²) in [5.41, 5.74) is 7.81. The van der Waals surface area contributed by atoms with Crippen LogP contribution in [-0.4, -0.2) is 46.5 Å². The first kappa shape index (κ1) is 21.1. The molecule has 1 aromatic heterocycles. The molecular formula is C16H20N6O6. The standard InChI is InChI=1S/C16H20N6O6/c1-3-13(25)19-12-4-6-22(16(26)20-12)15-14(27-9(2)24)10(5-7-23)11(28-15)8-18-21-17/h4,6-7,10-11,14-15H,3,5,8H2,1-2H3,(H,19,20,25,26)/t10-,11-,14-,15-/m1/s1. The Balaban J connectivity index is 2.38. The molecule has 1 aromatic rings. The Morgan fingerprint density at radius 1 is 1.54 bits per heavy atom. The van der Waals surface area contributed by atoms with Crippen molar-refractivity contribution < 1.29 is 23.9 Å². The van der Waals surface area contributed by atoms with E-state index in [-0.39, 0.29) is 31.1 Å². The highest BCUT2D eigenvalue weighted by atomic mass is 16.6. The van der Waals surface area contributed by atoms with E-state index in [1.54, 1.807) is 6.92 Å². The molecule has 1 fully saturated rings. The SMILES string of the molecule is CCC(=O)Nc1ccn([C@@H]2O[C@H](CN=[N+]=[N-])[C@@H](CC=O)[C@H]2OC(C)=O)c(=O)n1. The summed E-state index contributed by atoms with van der Waals surface area (Å²) in [4.78, 5) is 53.0. The third-order valence-electron chi connectivity index (χ3n) is 4.18. The summed E-state index contributed by atoms with van der Waals surface area (Å²) in [6, 6.07) is 1.40. The summed E-state index contributed by atoms with van der Waals surface area (Å²) >= 11 is 0. The lowest BCUT2D eigenvalue weighted by Gasteiger charge is -2.23. The molecule has 0 bridgehead atoms. The lowest BCUT2D eigenvalue weighted by molar-refractivity contribution is -0.154. The van der Waals surface area contributed by atoms with Crippen molar-refractivity contribution in [3.63, 3.8) is 0 Å². The highest BCUT2D eigenvalue weighted by Gasteiger charge is 2.47. The molecule has 0 aromatic carbocycles. The van der Waals surface area contributed by atoms with Crippen molar-refractivity contribution in [2.45, 2.75) is 45.1 Å². The first-order chi connectivity index (χ1) is 13.4. The second kappa shape index (κ2) is 9.62. The van der Waals surface area contributed by atoms with Crippen molar-refractivity contribution in [3.05, 3.63) is 33.2 Å². The van der Waals surface area contributed by atoms with E-state index in [2.05, 4.69) is 20.3 Å². The molecule has 12 heteroatoms. The van der Waals surface area contributed by atoms with E-state index in [0.717, 1.165) is 4.57 Å². The van der Waals surface area contributed by atoms with Crippen LogP contribution < -0.4 is 11.0 Å². The Morgan fingerprint density at radius 2 is 2.29 bits per heavy atom. The third-order valence-corrected chi connectivity index (χ3v) is 4.18. The molecule has 12 nitrogen and oxygen atoms in total. The summed E-state index contributed by atoms with van der Waals surface area (Å²) in [5.74, 6) is -1.46. The minimum Gasteiger partial charge on any atom is -0.457 e. The van der Waals surface area contributed by atoms with Gasteiger partial charge in [-0.3, -0.25) is 14.2 Å². The van der Waals surface area contributed by atoms with Gasteiger partial charge in [-0.15, -0.1) is 0 Å². The fourth-order valence-electron chi connectivity index (χ4n) is 2.94. The van der Waals surface area contributed by atoms with E-state index in [1.165, 1.54) is 19.2 Å². The maximum absolute atomic E-state index is 12.4. The number of amides is 1. The third kappa shape index (κ3) is 4.93. The van der Waals surface area contributed by atoms with Gasteiger partial charge < -0.3 is 19.6 Å². The Hall–Kier alpha value is -3.24. The van der Waals surface area contributed by atoms with Gasteiger partial charge in [0.15, 0.2) is 12.3 Å². The Kier molecular flexibility index (Phi) is 7.24. The van der Waals surface area contributed by atoms with Gasteiger partial charge in [0.25, 0.3) is 0 Å². The summed E-state index contributed by atoms with van der Waals surface area (Å²) in [7, 11) is 0. The van der Waals surface area contributed by atoms with Crippen LogP contribution in [0.25, 0.3) is 10.4 Å². The molecule has 1 amide bonds. The topological polar surface area (TPSA) is 165 Å². The van der Waals surface area contributed by atoms with E-state index in [1.807, 2.05) is 0 Å². The number of rotatable bonds is 8. The first-order valence-electron chi connectivity index (χ1n) is 8.57. The van der Waals surface area contributed by atoms with Crippen LogP contribution in [0.5, 0.6) is 0 Å². The van der Waals surface area contributed by atoms with Crippen molar-refractivity contribution in [2.75, 3.05) is 11.9 Å². The monoisotopic (exact) mass is 392 g/mol. The van der Waals surface area contributed by atoms with Crippen LogP contribution in [0.15, 0.2) is 22.2 Å². The maximum Gasteiger partial charge on any atom is 0.351 e. The van der Waals surface area contributed by atoms with E-state index in [4.69, 9.17) is 15.0 Å². The molecule has 150 valence electrons. The van der Waals surface area contributed by atoms with Gasteiger partial charge in [0.2, 0.25) is 5.91 Å². The van der Waals surface area contributed by atoms with Gasteiger partial charge in [-0.1, -0.05) is 12.0 Å². The van der Waals surface area contributed by atoms with Crippen molar-refractivity contribution in [1.82, 2.24) is 9.55 Å². The zero-order valence-electron chi connectivity index (χ0n) is 15.3. The molecule has 1 aliphatic heterocycles. The predicted molar refractivity (Wildman–Crippen MR) is 95.1 cm³/mol. The van der Waals surface area contributed by atoms with E-state index >= 15 is 0 Å². The number of esters is 1.